The second kappa shape index (κ2) is 11.9. The molecule has 0 amide bonds. The molecule has 3 aliphatic carbocycles. The molecule has 0 radical (unpaired) electrons. The predicted molar refractivity (Wildman–Crippen MR) is 160 cm³/mol. The number of allylic oxidation sites excluding steroid dienone is 4. The maximum absolute atomic E-state index is 2.71. The van der Waals surface area contributed by atoms with Crippen molar-refractivity contribution in [2.45, 2.75) is 118 Å². The van der Waals surface area contributed by atoms with Crippen molar-refractivity contribution < 1.29 is 46.1 Å². The summed E-state index contributed by atoms with van der Waals surface area (Å²) in [5, 5.41) is 0. The fourth-order valence-corrected chi connectivity index (χ4v) is 14.2. The molecule has 0 nitrogen and oxygen atoms in total. The van der Waals surface area contributed by atoms with Crippen LogP contribution >= 0.6 is 0 Å². The van der Waals surface area contributed by atoms with Gasteiger partial charge in [-0.15, -0.1) is 0 Å². The number of hydrogen-bond donors (Lipinski definition) is 0. The minimum absolute atomic E-state index is 0. The molecule has 5 rings (SSSR count). The largest absolute Gasteiger partial charge is 1.00 e. The second-order valence-corrected chi connectivity index (χ2v) is 21.8. The molecule has 0 atom stereocenters. The van der Waals surface area contributed by atoms with Crippen LogP contribution in [0.4, 0.5) is 0 Å². The molecule has 2 aromatic carbocycles. The summed E-state index contributed by atoms with van der Waals surface area (Å²) in [5.74, 6) is 0. The number of fused-ring (bicyclic) bond motifs is 3. The van der Waals surface area contributed by atoms with Gasteiger partial charge in [0, 0.05) is 0 Å². The Morgan fingerprint density at radius 3 is 2.00 bits per heavy atom. The Labute approximate surface area is 259 Å². The third-order valence-electron chi connectivity index (χ3n) is 9.37. The molecule has 3 heteroatoms. The van der Waals surface area contributed by atoms with Gasteiger partial charge < -0.3 is 24.8 Å². The van der Waals surface area contributed by atoms with Gasteiger partial charge in [0.05, 0.1) is 0 Å². The summed E-state index contributed by atoms with van der Waals surface area (Å²) in [6.45, 7) is 21.6. The number of hydrogen-bond acceptors (Lipinski definition) is 0. The topological polar surface area (TPSA) is 0 Å². The normalized spacial score (nSPS) is 17.5. The SMILES string of the molecule is C[C](C)=[Zr+2]([C]1=CC(C2(C)CCCCC2)=CC1)[c]1cc(C(C)(C)C)cc2c1Cc1ccc(C(C)(C)C)cc1-2.[Cl-].[Cl-]. The molecule has 0 aromatic heterocycles. The summed E-state index contributed by atoms with van der Waals surface area (Å²) < 4.78 is 5.29. The van der Waals surface area contributed by atoms with Gasteiger partial charge in [0.15, 0.2) is 0 Å². The molecule has 0 unspecified atom stereocenters. The van der Waals surface area contributed by atoms with E-state index in [-0.39, 0.29) is 35.6 Å². The van der Waals surface area contributed by atoms with Crippen LogP contribution in [0, 0.1) is 5.41 Å². The van der Waals surface area contributed by atoms with Crippen LogP contribution in [0.1, 0.15) is 123 Å². The van der Waals surface area contributed by atoms with Gasteiger partial charge in [0.25, 0.3) is 0 Å². The first-order chi connectivity index (χ1) is 17.3. The van der Waals surface area contributed by atoms with E-state index >= 15 is 0 Å². The van der Waals surface area contributed by atoms with E-state index in [1.165, 1.54) is 66.3 Å². The Morgan fingerprint density at radius 2 is 1.41 bits per heavy atom. The van der Waals surface area contributed by atoms with E-state index in [4.69, 9.17) is 0 Å². The first-order valence-corrected chi connectivity index (χ1v) is 18.4. The Kier molecular flexibility index (Phi) is 9.96. The van der Waals surface area contributed by atoms with Crippen LogP contribution in [0.15, 0.2) is 51.3 Å². The first-order valence-electron chi connectivity index (χ1n) is 14.7. The number of benzene rings is 2. The van der Waals surface area contributed by atoms with Gasteiger partial charge >= 0.3 is 236 Å². The Bertz CT molecular complexity index is 1330. The maximum atomic E-state index is 2.71. The van der Waals surface area contributed by atoms with Crippen molar-refractivity contribution in [3.63, 3.8) is 0 Å². The molecule has 39 heavy (non-hydrogen) atoms. The minimum Gasteiger partial charge on any atom is -1.00 e. The first kappa shape index (κ1) is 32.8. The summed E-state index contributed by atoms with van der Waals surface area (Å²) in [6.07, 6.45) is 14.6. The van der Waals surface area contributed by atoms with Gasteiger partial charge in [-0.1, -0.05) is 0 Å². The molecule has 2 aromatic rings. The molecular weight excluding hydrogens is 595 g/mol. The predicted octanol–water partition coefficient (Wildman–Crippen LogP) is 3.50. The maximum Gasteiger partial charge on any atom is -1.00 e. The fourth-order valence-electron chi connectivity index (χ4n) is 6.90. The van der Waals surface area contributed by atoms with Crippen LogP contribution < -0.4 is 28.1 Å². The second-order valence-electron chi connectivity index (χ2n) is 14.6. The average Bonchev–Trinajstić information content (AvgIpc) is 3.43. The molecular formula is C36H48Cl2Zr. The van der Waals surface area contributed by atoms with Crippen molar-refractivity contribution in [3.05, 3.63) is 73.6 Å². The van der Waals surface area contributed by atoms with E-state index in [1.54, 1.807) is 17.6 Å². The fraction of sp³-hybridized carbons (Fsp3) is 0.528. The van der Waals surface area contributed by atoms with Gasteiger partial charge in [-0.05, 0) is 0 Å². The van der Waals surface area contributed by atoms with Gasteiger partial charge in [0.1, 0.15) is 0 Å². The number of rotatable bonds is 3. The molecule has 0 heterocycles. The van der Waals surface area contributed by atoms with Gasteiger partial charge in [0.2, 0.25) is 0 Å². The molecule has 0 saturated heterocycles. The Hall–Kier alpha value is -0.747. The number of halogens is 2. The van der Waals surface area contributed by atoms with Crippen molar-refractivity contribution in [1.82, 2.24) is 0 Å². The molecule has 3 aliphatic rings. The third-order valence-corrected chi connectivity index (χ3v) is 16.7. The van der Waals surface area contributed by atoms with Crippen LogP contribution in [-0.4, -0.2) is 3.21 Å². The van der Waals surface area contributed by atoms with E-state index in [2.05, 4.69) is 105 Å². The molecule has 1 saturated carbocycles. The Balaban J connectivity index is 0.00000210. The van der Waals surface area contributed by atoms with E-state index < -0.39 is 21.3 Å². The third kappa shape index (κ3) is 6.37. The standard InChI is InChI=1S/C21H25.C12H17.C3H6.2ClH.Zr/c1-20(2,3)16-9-7-14-11-15-8-10-17(21(4,5)6)13-19(15)18(14)12-16;1-12(9-5-2-6-10-12)11-7-3-4-8-11;1-3-2;;;/h7,9-10,12-13H,11H2,1-6H3;7-8H,2-3,5-6,9-10H2,1H3;1-2H3;2*1H;/q;;;;;+2/p-2. The van der Waals surface area contributed by atoms with Gasteiger partial charge in [-0.2, -0.15) is 0 Å². The summed E-state index contributed by atoms with van der Waals surface area (Å²) in [7, 11) is 0. The molecule has 210 valence electrons. The van der Waals surface area contributed by atoms with E-state index in [0.29, 0.717) is 5.41 Å². The molecule has 0 spiro atoms. The Morgan fingerprint density at radius 1 is 0.795 bits per heavy atom. The molecule has 0 bridgehead atoms. The van der Waals surface area contributed by atoms with Crippen LogP contribution in [-0.2, 0) is 38.5 Å². The monoisotopic (exact) mass is 640 g/mol. The van der Waals surface area contributed by atoms with Crippen molar-refractivity contribution in [2.75, 3.05) is 0 Å². The zero-order valence-corrected chi connectivity index (χ0v) is 29.7. The van der Waals surface area contributed by atoms with Crippen molar-refractivity contribution >= 4 is 6.48 Å². The van der Waals surface area contributed by atoms with E-state index in [0.717, 1.165) is 6.42 Å². The van der Waals surface area contributed by atoms with Crippen molar-refractivity contribution in [1.29, 1.82) is 0 Å². The van der Waals surface area contributed by atoms with E-state index in [1.807, 2.05) is 3.28 Å². The van der Waals surface area contributed by atoms with Gasteiger partial charge in [-0.3, -0.25) is 0 Å². The van der Waals surface area contributed by atoms with Crippen LogP contribution in [0.25, 0.3) is 11.1 Å². The summed E-state index contributed by atoms with van der Waals surface area (Å²) in [6, 6.07) is 12.5. The van der Waals surface area contributed by atoms with Gasteiger partial charge in [-0.25, -0.2) is 0 Å². The van der Waals surface area contributed by atoms with Crippen LogP contribution in [0.3, 0.4) is 0 Å². The zero-order chi connectivity index (χ0) is 26.8. The minimum atomic E-state index is -2.20. The average molecular weight is 643 g/mol. The van der Waals surface area contributed by atoms with Crippen molar-refractivity contribution in [2.24, 2.45) is 5.41 Å². The zero-order valence-electron chi connectivity index (χ0n) is 25.7. The van der Waals surface area contributed by atoms with Crippen LogP contribution in [0.5, 0.6) is 0 Å². The summed E-state index contributed by atoms with van der Waals surface area (Å²) in [4.78, 5) is 0. The summed E-state index contributed by atoms with van der Waals surface area (Å²) >= 11 is -2.20. The summed E-state index contributed by atoms with van der Waals surface area (Å²) in [5.41, 5.74) is 11.6. The quantitative estimate of drug-likeness (QED) is 0.411. The van der Waals surface area contributed by atoms with E-state index in [9.17, 15) is 0 Å². The molecule has 1 fully saturated rings. The van der Waals surface area contributed by atoms with Crippen LogP contribution in [0.2, 0.25) is 0 Å². The van der Waals surface area contributed by atoms with Crippen molar-refractivity contribution in [3.8, 4) is 11.1 Å². The smallest absolute Gasteiger partial charge is 1.00 e. The molecule has 0 N–H and O–H groups in total. The molecule has 0 aliphatic heterocycles.